The lowest BCUT2D eigenvalue weighted by atomic mass is 10.1. The third-order valence-corrected chi connectivity index (χ3v) is 3.74. The summed E-state index contributed by atoms with van der Waals surface area (Å²) in [5.41, 5.74) is 0.817. The molecule has 0 saturated heterocycles. The van der Waals surface area contributed by atoms with Gasteiger partial charge in [-0.1, -0.05) is 33.3 Å². The van der Waals surface area contributed by atoms with Crippen molar-refractivity contribution < 1.29 is 9.90 Å². The van der Waals surface area contributed by atoms with Crippen molar-refractivity contribution in [2.24, 2.45) is 0 Å². The van der Waals surface area contributed by atoms with E-state index in [1.165, 1.54) is 6.07 Å². The van der Waals surface area contributed by atoms with E-state index in [-0.39, 0.29) is 17.7 Å². The van der Waals surface area contributed by atoms with Crippen LogP contribution in [-0.2, 0) is 6.54 Å². The number of carbonyl (C=O) groups is 1. The molecule has 2 aromatic carbocycles. The molecule has 110 valence electrons. The molecule has 0 aliphatic heterocycles. The van der Waals surface area contributed by atoms with Gasteiger partial charge in [-0.3, -0.25) is 4.79 Å². The van der Waals surface area contributed by atoms with Crippen LogP contribution in [0.5, 0.6) is 0 Å². The van der Waals surface area contributed by atoms with E-state index >= 15 is 0 Å². The number of fused-ring (bicyclic) bond motifs is 1. The Labute approximate surface area is 133 Å². The van der Waals surface area contributed by atoms with E-state index in [0.717, 1.165) is 9.15 Å². The van der Waals surface area contributed by atoms with E-state index in [1.807, 2.05) is 0 Å². The lowest BCUT2D eigenvalue weighted by Gasteiger charge is -2.08. The molecule has 6 nitrogen and oxygen atoms in total. The Bertz CT molecular complexity index is 937. The quantitative estimate of drug-likeness (QED) is 0.775. The number of carboxylic acids is 1. The lowest BCUT2D eigenvalue weighted by molar-refractivity contribution is 0.0695. The van der Waals surface area contributed by atoms with Crippen LogP contribution in [-0.4, -0.2) is 26.1 Å². The summed E-state index contributed by atoms with van der Waals surface area (Å²) in [5.74, 6) is -1.05. The predicted molar refractivity (Wildman–Crippen MR) is 84.0 cm³/mol. The minimum Gasteiger partial charge on any atom is -0.478 e. The SMILES string of the molecule is O=C(O)c1ccc(Br)cc1Cn1nnc2ccccc2c1=O. The number of rotatable bonds is 3. The predicted octanol–water partition coefficient (Wildman–Crippen LogP) is 2.30. The van der Waals surface area contributed by atoms with Crippen LogP contribution < -0.4 is 5.56 Å². The highest BCUT2D eigenvalue weighted by Gasteiger charge is 2.13. The standard InChI is InChI=1S/C15H10BrN3O3/c16-10-5-6-11(15(21)22)9(7-10)8-19-14(20)12-3-1-2-4-13(12)17-18-19/h1-7H,8H2,(H,21,22). The molecule has 0 saturated carbocycles. The van der Waals surface area contributed by atoms with Crippen molar-refractivity contribution in [2.45, 2.75) is 6.54 Å². The van der Waals surface area contributed by atoms with Crippen molar-refractivity contribution in [2.75, 3.05) is 0 Å². The third-order valence-electron chi connectivity index (χ3n) is 3.25. The van der Waals surface area contributed by atoms with E-state index in [1.54, 1.807) is 36.4 Å². The lowest BCUT2D eigenvalue weighted by Crippen LogP contribution is -2.25. The molecule has 1 heterocycles. The number of hydrogen-bond acceptors (Lipinski definition) is 4. The van der Waals surface area contributed by atoms with Crippen molar-refractivity contribution in [3.05, 3.63) is 68.4 Å². The largest absolute Gasteiger partial charge is 0.478 e. The molecule has 1 aromatic heterocycles. The highest BCUT2D eigenvalue weighted by Crippen LogP contribution is 2.17. The summed E-state index contributed by atoms with van der Waals surface area (Å²) in [6.07, 6.45) is 0. The molecule has 0 bridgehead atoms. The van der Waals surface area contributed by atoms with E-state index in [9.17, 15) is 14.7 Å². The molecule has 1 N–H and O–H groups in total. The van der Waals surface area contributed by atoms with Gasteiger partial charge in [0, 0.05) is 4.47 Å². The fourth-order valence-corrected chi connectivity index (χ4v) is 2.60. The van der Waals surface area contributed by atoms with Crippen molar-refractivity contribution >= 4 is 32.8 Å². The van der Waals surface area contributed by atoms with E-state index in [4.69, 9.17) is 0 Å². The number of aromatic nitrogens is 3. The fraction of sp³-hybridized carbons (Fsp3) is 0.0667. The van der Waals surface area contributed by atoms with Crippen molar-refractivity contribution in [1.82, 2.24) is 15.0 Å². The Morgan fingerprint density at radius 1 is 1.23 bits per heavy atom. The monoisotopic (exact) mass is 359 g/mol. The number of halogens is 1. The summed E-state index contributed by atoms with van der Waals surface area (Å²) < 4.78 is 1.89. The average Bonchev–Trinajstić information content (AvgIpc) is 2.50. The summed E-state index contributed by atoms with van der Waals surface area (Å²) in [6, 6.07) is 11.7. The first kappa shape index (κ1) is 14.4. The Balaban J connectivity index is 2.11. The van der Waals surface area contributed by atoms with Crippen LogP contribution in [0.2, 0.25) is 0 Å². The highest BCUT2D eigenvalue weighted by atomic mass is 79.9. The van der Waals surface area contributed by atoms with Gasteiger partial charge in [-0.15, -0.1) is 5.10 Å². The van der Waals surface area contributed by atoms with Crippen LogP contribution in [0.25, 0.3) is 10.9 Å². The van der Waals surface area contributed by atoms with Gasteiger partial charge in [-0.05, 0) is 35.9 Å². The first-order chi connectivity index (χ1) is 10.6. The molecule has 0 unspecified atom stereocenters. The van der Waals surface area contributed by atoms with E-state index in [2.05, 4.69) is 26.2 Å². The second-order valence-corrected chi connectivity index (χ2v) is 5.59. The highest BCUT2D eigenvalue weighted by molar-refractivity contribution is 9.10. The van der Waals surface area contributed by atoms with Gasteiger partial charge in [-0.25, -0.2) is 9.48 Å². The summed E-state index contributed by atoms with van der Waals surface area (Å²) in [7, 11) is 0. The molecule has 0 amide bonds. The van der Waals surface area contributed by atoms with Gasteiger partial charge in [0.2, 0.25) is 0 Å². The van der Waals surface area contributed by atoms with Crippen molar-refractivity contribution in [1.29, 1.82) is 0 Å². The van der Waals surface area contributed by atoms with Gasteiger partial charge in [0.05, 0.1) is 17.5 Å². The topological polar surface area (TPSA) is 85.1 Å². The molecule has 0 radical (unpaired) electrons. The maximum Gasteiger partial charge on any atom is 0.336 e. The molecular weight excluding hydrogens is 350 g/mol. The molecule has 0 aliphatic carbocycles. The zero-order valence-electron chi connectivity index (χ0n) is 11.2. The average molecular weight is 360 g/mol. The van der Waals surface area contributed by atoms with Crippen LogP contribution in [0.4, 0.5) is 0 Å². The van der Waals surface area contributed by atoms with Crippen molar-refractivity contribution in [3.63, 3.8) is 0 Å². The minimum absolute atomic E-state index is 0.0394. The molecule has 0 aliphatic rings. The van der Waals surface area contributed by atoms with Gasteiger partial charge in [-0.2, -0.15) is 0 Å². The maximum atomic E-state index is 12.4. The Kier molecular flexibility index (Phi) is 3.72. The minimum atomic E-state index is -1.05. The normalized spacial score (nSPS) is 10.8. The molecule has 0 fully saturated rings. The van der Waals surface area contributed by atoms with Gasteiger partial charge in [0.1, 0.15) is 5.52 Å². The molecule has 7 heteroatoms. The van der Waals surface area contributed by atoms with E-state index < -0.39 is 5.97 Å². The number of benzene rings is 2. The zero-order chi connectivity index (χ0) is 15.7. The van der Waals surface area contributed by atoms with Crippen LogP contribution in [0, 0.1) is 0 Å². The summed E-state index contributed by atoms with van der Waals surface area (Å²) >= 11 is 3.30. The number of aromatic carboxylic acids is 1. The molecular formula is C15H10BrN3O3. The van der Waals surface area contributed by atoms with Gasteiger partial charge < -0.3 is 5.11 Å². The van der Waals surface area contributed by atoms with E-state index in [0.29, 0.717) is 16.5 Å². The van der Waals surface area contributed by atoms with Crippen LogP contribution in [0.3, 0.4) is 0 Å². The summed E-state index contributed by atoms with van der Waals surface area (Å²) in [4.78, 5) is 23.7. The van der Waals surface area contributed by atoms with Crippen LogP contribution >= 0.6 is 15.9 Å². The second kappa shape index (κ2) is 5.69. The Morgan fingerprint density at radius 2 is 2.00 bits per heavy atom. The molecule has 0 atom stereocenters. The molecule has 3 rings (SSSR count). The molecule has 0 spiro atoms. The molecule has 22 heavy (non-hydrogen) atoms. The second-order valence-electron chi connectivity index (χ2n) is 4.68. The van der Waals surface area contributed by atoms with Crippen LogP contribution in [0.15, 0.2) is 51.7 Å². The number of nitrogens with zero attached hydrogens (tertiary/aromatic N) is 3. The van der Waals surface area contributed by atoms with Gasteiger partial charge in [0.25, 0.3) is 5.56 Å². The Morgan fingerprint density at radius 3 is 2.77 bits per heavy atom. The number of carboxylic acid groups (broad SMARTS) is 1. The first-order valence-corrected chi connectivity index (χ1v) is 7.20. The smallest absolute Gasteiger partial charge is 0.336 e. The third kappa shape index (κ3) is 2.62. The van der Waals surface area contributed by atoms with Crippen molar-refractivity contribution in [3.8, 4) is 0 Å². The van der Waals surface area contributed by atoms with Gasteiger partial charge >= 0.3 is 5.97 Å². The molecule has 3 aromatic rings. The number of hydrogen-bond donors (Lipinski definition) is 1. The summed E-state index contributed by atoms with van der Waals surface area (Å²) in [6.45, 7) is 0.0394. The summed E-state index contributed by atoms with van der Waals surface area (Å²) in [5, 5.41) is 17.6. The van der Waals surface area contributed by atoms with Crippen LogP contribution in [0.1, 0.15) is 15.9 Å². The fourth-order valence-electron chi connectivity index (χ4n) is 2.19. The first-order valence-electron chi connectivity index (χ1n) is 6.40. The maximum absolute atomic E-state index is 12.4. The van der Waals surface area contributed by atoms with Gasteiger partial charge in [0.15, 0.2) is 0 Å². The Hall–Kier alpha value is -2.54. The zero-order valence-corrected chi connectivity index (χ0v) is 12.8.